The molecule has 5 heteroatoms. The van der Waals surface area contributed by atoms with Crippen LogP contribution in [-0.4, -0.2) is 45.2 Å². The van der Waals surface area contributed by atoms with Crippen molar-refractivity contribution in [2.24, 2.45) is 0 Å². The molecule has 0 N–H and O–H groups in total. The maximum atomic E-state index is 12.0. The molecule has 0 saturated heterocycles. The van der Waals surface area contributed by atoms with E-state index < -0.39 is 0 Å². The second-order valence-electron chi connectivity index (χ2n) is 4.60. The summed E-state index contributed by atoms with van der Waals surface area (Å²) >= 11 is 0. The first kappa shape index (κ1) is 17.1. The summed E-state index contributed by atoms with van der Waals surface area (Å²) < 4.78 is 15.9. The lowest BCUT2D eigenvalue weighted by Gasteiger charge is -2.19. The van der Waals surface area contributed by atoms with Gasteiger partial charge >= 0.3 is 0 Å². The van der Waals surface area contributed by atoms with Crippen LogP contribution < -0.4 is 14.2 Å². The van der Waals surface area contributed by atoms with Crippen LogP contribution >= 0.6 is 0 Å². The van der Waals surface area contributed by atoms with Crippen LogP contribution in [0.4, 0.5) is 0 Å². The van der Waals surface area contributed by atoms with E-state index >= 15 is 0 Å². The predicted octanol–water partition coefficient (Wildman–Crippen LogP) is 2.51. The number of benzene rings is 1. The van der Waals surface area contributed by atoms with Crippen molar-refractivity contribution >= 4 is 5.91 Å². The highest BCUT2D eigenvalue weighted by Gasteiger charge is 2.15. The minimum Gasteiger partial charge on any atom is -0.493 e. The highest BCUT2D eigenvalue weighted by atomic mass is 16.5. The van der Waals surface area contributed by atoms with Gasteiger partial charge in [-0.3, -0.25) is 4.79 Å². The topological polar surface area (TPSA) is 48.0 Å². The van der Waals surface area contributed by atoms with Gasteiger partial charge in [-0.05, 0) is 38.0 Å². The molecule has 118 valence electrons. The molecule has 0 heterocycles. The zero-order valence-electron chi connectivity index (χ0n) is 13.6. The largest absolute Gasteiger partial charge is 0.493 e. The van der Waals surface area contributed by atoms with E-state index in [0.29, 0.717) is 30.1 Å². The number of rotatable bonds is 8. The summed E-state index contributed by atoms with van der Waals surface area (Å²) in [6, 6.07) is 3.77. The van der Waals surface area contributed by atoms with Crippen LogP contribution in [-0.2, 0) is 11.2 Å². The molecule has 1 aromatic carbocycles. The van der Waals surface area contributed by atoms with E-state index in [0.717, 1.165) is 18.7 Å². The van der Waals surface area contributed by atoms with Crippen molar-refractivity contribution in [3.05, 3.63) is 17.7 Å². The monoisotopic (exact) mass is 295 g/mol. The minimum absolute atomic E-state index is 0.161. The van der Waals surface area contributed by atoms with Gasteiger partial charge in [0.25, 0.3) is 0 Å². The van der Waals surface area contributed by atoms with Gasteiger partial charge in [-0.2, -0.15) is 0 Å². The number of aryl methyl sites for hydroxylation is 1. The maximum Gasteiger partial charge on any atom is 0.222 e. The Morgan fingerprint density at radius 2 is 1.52 bits per heavy atom. The molecule has 0 aromatic heterocycles. The Hall–Kier alpha value is -1.91. The Balaban J connectivity index is 2.87. The van der Waals surface area contributed by atoms with E-state index in [1.807, 2.05) is 30.9 Å². The number of amides is 1. The van der Waals surface area contributed by atoms with Crippen LogP contribution in [0.15, 0.2) is 12.1 Å². The third kappa shape index (κ3) is 4.28. The molecule has 0 saturated carbocycles. The first-order chi connectivity index (χ1) is 10.1. The lowest BCUT2D eigenvalue weighted by atomic mass is 10.1. The Labute approximate surface area is 126 Å². The van der Waals surface area contributed by atoms with E-state index in [4.69, 9.17) is 14.2 Å². The highest BCUT2D eigenvalue weighted by Crippen LogP contribution is 2.38. The Morgan fingerprint density at radius 1 is 1.00 bits per heavy atom. The van der Waals surface area contributed by atoms with Crippen LogP contribution in [0.5, 0.6) is 17.2 Å². The molecule has 0 radical (unpaired) electrons. The van der Waals surface area contributed by atoms with Crippen LogP contribution in [0.2, 0.25) is 0 Å². The smallest absolute Gasteiger partial charge is 0.222 e. The Morgan fingerprint density at radius 3 is 1.90 bits per heavy atom. The van der Waals surface area contributed by atoms with Gasteiger partial charge in [0.05, 0.1) is 21.3 Å². The highest BCUT2D eigenvalue weighted by molar-refractivity contribution is 5.76. The van der Waals surface area contributed by atoms with Crippen molar-refractivity contribution in [2.75, 3.05) is 34.4 Å². The molecule has 0 unspecified atom stereocenters. The van der Waals surface area contributed by atoms with E-state index in [1.165, 1.54) is 0 Å². The Kier molecular flexibility index (Phi) is 6.85. The van der Waals surface area contributed by atoms with Crippen molar-refractivity contribution < 1.29 is 19.0 Å². The SMILES string of the molecule is CCN(CC)C(=O)CCc1cc(OC)c(OC)c(OC)c1. The summed E-state index contributed by atoms with van der Waals surface area (Å²) in [5.41, 5.74) is 0.991. The first-order valence-electron chi connectivity index (χ1n) is 7.17. The standard InChI is InChI=1S/C16H25NO4/c1-6-17(7-2)15(18)9-8-12-10-13(19-3)16(21-5)14(11-12)20-4/h10-11H,6-9H2,1-5H3. The summed E-state index contributed by atoms with van der Waals surface area (Å²) in [4.78, 5) is 13.9. The quantitative estimate of drug-likeness (QED) is 0.739. The lowest BCUT2D eigenvalue weighted by molar-refractivity contribution is -0.130. The van der Waals surface area contributed by atoms with Gasteiger partial charge in [0, 0.05) is 19.5 Å². The maximum absolute atomic E-state index is 12.0. The molecular formula is C16H25NO4. The number of hydrogen-bond acceptors (Lipinski definition) is 4. The van der Waals surface area contributed by atoms with Crippen molar-refractivity contribution in [3.63, 3.8) is 0 Å². The molecule has 0 atom stereocenters. The number of carbonyl (C=O) groups is 1. The first-order valence-corrected chi connectivity index (χ1v) is 7.17. The summed E-state index contributed by atoms with van der Waals surface area (Å²) in [7, 11) is 4.74. The van der Waals surface area contributed by atoms with Gasteiger partial charge in [0.15, 0.2) is 11.5 Å². The fourth-order valence-corrected chi connectivity index (χ4v) is 2.27. The van der Waals surface area contributed by atoms with Crippen LogP contribution in [0.1, 0.15) is 25.8 Å². The third-order valence-corrected chi connectivity index (χ3v) is 3.47. The summed E-state index contributed by atoms with van der Waals surface area (Å²) in [6.45, 7) is 5.46. The molecule has 1 amide bonds. The van der Waals surface area contributed by atoms with Gasteiger partial charge in [-0.15, -0.1) is 0 Å². The molecular weight excluding hydrogens is 270 g/mol. The molecule has 0 aliphatic rings. The molecule has 1 rings (SSSR count). The molecule has 21 heavy (non-hydrogen) atoms. The molecule has 0 aliphatic heterocycles. The van der Waals surface area contributed by atoms with Crippen molar-refractivity contribution in [1.82, 2.24) is 4.90 Å². The molecule has 0 aliphatic carbocycles. The second-order valence-corrected chi connectivity index (χ2v) is 4.60. The predicted molar refractivity (Wildman–Crippen MR) is 82.3 cm³/mol. The van der Waals surface area contributed by atoms with Crippen molar-refractivity contribution in [1.29, 1.82) is 0 Å². The molecule has 0 spiro atoms. The minimum atomic E-state index is 0.161. The van der Waals surface area contributed by atoms with E-state index in [1.54, 1.807) is 21.3 Å². The van der Waals surface area contributed by atoms with Gasteiger partial charge in [-0.25, -0.2) is 0 Å². The third-order valence-electron chi connectivity index (χ3n) is 3.47. The zero-order chi connectivity index (χ0) is 15.8. The van der Waals surface area contributed by atoms with Crippen molar-refractivity contribution in [3.8, 4) is 17.2 Å². The van der Waals surface area contributed by atoms with Crippen molar-refractivity contribution in [2.45, 2.75) is 26.7 Å². The number of nitrogens with zero attached hydrogens (tertiary/aromatic N) is 1. The Bertz CT molecular complexity index is 444. The number of ether oxygens (including phenoxy) is 3. The molecule has 0 fully saturated rings. The molecule has 1 aromatic rings. The normalized spacial score (nSPS) is 10.1. The van der Waals surface area contributed by atoms with Gasteiger partial charge in [0.2, 0.25) is 11.7 Å². The van der Waals surface area contributed by atoms with Gasteiger partial charge in [-0.1, -0.05) is 0 Å². The summed E-state index contributed by atoms with van der Waals surface area (Å²) in [5, 5.41) is 0. The lowest BCUT2D eigenvalue weighted by Crippen LogP contribution is -2.30. The number of hydrogen-bond donors (Lipinski definition) is 0. The number of carbonyl (C=O) groups excluding carboxylic acids is 1. The zero-order valence-corrected chi connectivity index (χ0v) is 13.6. The van der Waals surface area contributed by atoms with Gasteiger partial charge in [0.1, 0.15) is 0 Å². The van der Waals surface area contributed by atoms with Gasteiger partial charge < -0.3 is 19.1 Å². The molecule has 0 bridgehead atoms. The van der Waals surface area contributed by atoms with Crippen LogP contribution in [0.3, 0.4) is 0 Å². The number of methoxy groups -OCH3 is 3. The summed E-state index contributed by atoms with van der Waals surface area (Å²) in [6.07, 6.45) is 1.12. The average molecular weight is 295 g/mol. The van der Waals surface area contributed by atoms with E-state index in [2.05, 4.69) is 0 Å². The average Bonchev–Trinajstić information content (AvgIpc) is 2.52. The van der Waals surface area contributed by atoms with Crippen LogP contribution in [0, 0.1) is 0 Å². The summed E-state index contributed by atoms with van der Waals surface area (Å²) in [5.74, 6) is 1.96. The van der Waals surface area contributed by atoms with Crippen LogP contribution in [0.25, 0.3) is 0 Å². The van der Waals surface area contributed by atoms with E-state index in [-0.39, 0.29) is 5.91 Å². The molecule has 5 nitrogen and oxygen atoms in total. The second kappa shape index (κ2) is 8.39. The fourth-order valence-electron chi connectivity index (χ4n) is 2.27. The fraction of sp³-hybridized carbons (Fsp3) is 0.562. The van der Waals surface area contributed by atoms with E-state index in [9.17, 15) is 4.79 Å².